The van der Waals surface area contributed by atoms with Crippen LogP contribution in [0.1, 0.15) is 12.8 Å². The molecule has 0 atom stereocenters. The molecule has 0 saturated heterocycles. The van der Waals surface area contributed by atoms with Crippen LogP contribution in [0.3, 0.4) is 0 Å². The maximum atomic E-state index is 12.4. The minimum atomic E-state index is -3.73. The zero-order valence-corrected chi connectivity index (χ0v) is 13.0. The lowest BCUT2D eigenvalue weighted by Gasteiger charge is -2.09. The van der Waals surface area contributed by atoms with Gasteiger partial charge in [0.2, 0.25) is 6.79 Å². The molecule has 120 valence electrons. The fraction of sp³-hybridized carbons (Fsp3) is 0.267. The summed E-state index contributed by atoms with van der Waals surface area (Å²) in [4.78, 5) is 4.23. The number of nitrogens with one attached hydrogen (secondary N) is 2. The lowest BCUT2D eigenvalue weighted by Crippen LogP contribution is -2.14. The van der Waals surface area contributed by atoms with Crippen LogP contribution in [0, 0.1) is 0 Å². The van der Waals surface area contributed by atoms with E-state index in [4.69, 9.17) is 9.47 Å². The van der Waals surface area contributed by atoms with Gasteiger partial charge in [-0.05, 0) is 37.1 Å². The Morgan fingerprint density at radius 1 is 1.09 bits per heavy atom. The molecule has 0 spiro atoms. The first kappa shape index (κ1) is 14.1. The maximum Gasteiger partial charge on any atom is 0.263 e. The van der Waals surface area contributed by atoms with Crippen molar-refractivity contribution in [3.8, 4) is 11.5 Å². The number of benzene rings is 1. The molecule has 7 nitrogen and oxygen atoms in total. The summed E-state index contributed by atoms with van der Waals surface area (Å²) in [6, 6.07) is 8.45. The van der Waals surface area contributed by atoms with E-state index in [1.165, 1.54) is 25.0 Å². The zero-order valence-electron chi connectivity index (χ0n) is 12.2. The molecule has 0 amide bonds. The highest BCUT2D eigenvalue weighted by atomic mass is 32.2. The van der Waals surface area contributed by atoms with E-state index < -0.39 is 10.0 Å². The Kier molecular flexibility index (Phi) is 3.26. The highest BCUT2D eigenvalue weighted by molar-refractivity contribution is 7.92. The van der Waals surface area contributed by atoms with Crippen LogP contribution in [0.25, 0.3) is 0 Å². The number of nitrogens with zero attached hydrogens (tertiary/aromatic N) is 1. The van der Waals surface area contributed by atoms with E-state index >= 15 is 0 Å². The van der Waals surface area contributed by atoms with E-state index in [9.17, 15) is 8.42 Å². The molecule has 2 aliphatic rings. The number of anilines is 2. The molecule has 23 heavy (non-hydrogen) atoms. The summed E-state index contributed by atoms with van der Waals surface area (Å²) in [6.45, 7) is 0.100. The van der Waals surface area contributed by atoms with Gasteiger partial charge in [0, 0.05) is 12.1 Å². The molecular weight excluding hydrogens is 318 g/mol. The summed E-state index contributed by atoms with van der Waals surface area (Å²) >= 11 is 0. The molecule has 1 aliphatic heterocycles. The van der Waals surface area contributed by atoms with E-state index in [0.717, 1.165) is 5.69 Å². The summed E-state index contributed by atoms with van der Waals surface area (Å²) in [7, 11) is -3.73. The van der Waals surface area contributed by atoms with Gasteiger partial charge in [-0.25, -0.2) is 13.4 Å². The lowest BCUT2D eigenvalue weighted by molar-refractivity contribution is 0.174. The van der Waals surface area contributed by atoms with Crippen LogP contribution in [0.5, 0.6) is 11.5 Å². The Labute approximate surface area is 133 Å². The molecule has 1 saturated carbocycles. The van der Waals surface area contributed by atoms with Crippen LogP contribution in [0.2, 0.25) is 0 Å². The van der Waals surface area contributed by atoms with Crippen molar-refractivity contribution in [3.63, 3.8) is 0 Å². The molecular formula is C15H15N3O4S. The zero-order chi connectivity index (χ0) is 15.9. The van der Waals surface area contributed by atoms with Crippen LogP contribution in [0.15, 0.2) is 41.4 Å². The van der Waals surface area contributed by atoms with Crippen LogP contribution in [-0.2, 0) is 10.0 Å². The average molecular weight is 333 g/mol. The average Bonchev–Trinajstić information content (AvgIpc) is 3.22. The Hall–Kier alpha value is -2.48. The molecule has 0 bridgehead atoms. The first-order chi connectivity index (χ1) is 11.1. The second-order valence-corrected chi connectivity index (χ2v) is 7.15. The van der Waals surface area contributed by atoms with Gasteiger partial charge in [0.15, 0.2) is 11.5 Å². The highest BCUT2D eigenvalue weighted by Crippen LogP contribution is 2.34. The number of hydrogen-bond acceptors (Lipinski definition) is 6. The molecule has 0 radical (unpaired) electrons. The molecule has 1 aliphatic carbocycles. The summed E-state index contributed by atoms with van der Waals surface area (Å²) in [6.07, 6.45) is 3.95. The monoisotopic (exact) mass is 333 g/mol. The third kappa shape index (κ3) is 3.02. The summed E-state index contributed by atoms with van der Waals surface area (Å²) in [5.41, 5.74) is 0.888. The van der Waals surface area contributed by atoms with E-state index in [-0.39, 0.29) is 17.5 Å². The SMILES string of the molecule is O=S(=O)(Nc1ccc(NC2CC2)cn1)c1ccc2c(c1)OCO2. The molecule has 2 aromatic rings. The van der Waals surface area contributed by atoms with Crippen LogP contribution >= 0.6 is 0 Å². The number of pyridine rings is 1. The van der Waals surface area contributed by atoms with Gasteiger partial charge in [-0.2, -0.15) is 0 Å². The number of ether oxygens (including phenoxy) is 2. The molecule has 1 fully saturated rings. The second kappa shape index (κ2) is 5.31. The van der Waals surface area contributed by atoms with Crippen molar-refractivity contribution >= 4 is 21.5 Å². The Morgan fingerprint density at radius 3 is 2.65 bits per heavy atom. The Balaban J connectivity index is 1.52. The smallest absolute Gasteiger partial charge is 0.263 e. The van der Waals surface area contributed by atoms with Crippen LogP contribution in [0.4, 0.5) is 11.5 Å². The van der Waals surface area contributed by atoms with E-state index in [0.29, 0.717) is 17.5 Å². The minimum Gasteiger partial charge on any atom is -0.454 e. The highest BCUT2D eigenvalue weighted by Gasteiger charge is 2.22. The summed E-state index contributed by atoms with van der Waals surface area (Å²) < 4.78 is 37.7. The molecule has 2 N–H and O–H groups in total. The van der Waals surface area contributed by atoms with Crippen molar-refractivity contribution in [2.75, 3.05) is 16.8 Å². The van der Waals surface area contributed by atoms with Crippen molar-refractivity contribution in [1.29, 1.82) is 0 Å². The maximum absolute atomic E-state index is 12.4. The summed E-state index contributed by atoms with van der Waals surface area (Å²) in [5, 5.41) is 3.30. The van der Waals surface area contributed by atoms with Gasteiger partial charge >= 0.3 is 0 Å². The van der Waals surface area contributed by atoms with Crippen molar-refractivity contribution in [2.24, 2.45) is 0 Å². The molecule has 0 unspecified atom stereocenters. The number of hydrogen-bond donors (Lipinski definition) is 2. The van der Waals surface area contributed by atoms with E-state index in [2.05, 4.69) is 15.0 Å². The van der Waals surface area contributed by atoms with Gasteiger partial charge in [-0.1, -0.05) is 0 Å². The van der Waals surface area contributed by atoms with Crippen molar-refractivity contribution < 1.29 is 17.9 Å². The van der Waals surface area contributed by atoms with Gasteiger partial charge in [-0.15, -0.1) is 0 Å². The van der Waals surface area contributed by atoms with Gasteiger partial charge in [0.25, 0.3) is 10.0 Å². The third-order valence-electron chi connectivity index (χ3n) is 3.60. The predicted octanol–water partition coefficient (Wildman–Crippen LogP) is 2.19. The normalized spacial score (nSPS) is 16.2. The van der Waals surface area contributed by atoms with E-state index in [1.807, 2.05) is 6.07 Å². The summed E-state index contributed by atoms with van der Waals surface area (Å²) in [5.74, 6) is 1.23. The second-order valence-electron chi connectivity index (χ2n) is 5.47. The quantitative estimate of drug-likeness (QED) is 0.872. The van der Waals surface area contributed by atoms with Gasteiger partial charge in [-0.3, -0.25) is 4.72 Å². The number of rotatable bonds is 5. The molecule has 8 heteroatoms. The van der Waals surface area contributed by atoms with Crippen molar-refractivity contribution in [2.45, 2.75) is 23.8 Å². The largest absolute Gasteiger partial charge is 0.454 e. The number of fused-ring (bicyclic) bond motifs is 1. The number of aromatic nitrogens is 1. The van der Waals surface area contributed by atoms with Crippen molar-refractivity contribution in [1.82, 2.24) is 4.98 Å². The topological polar surface area (TPSA) is 89.6 Å². The molecule has 1 aromatic carbocycles. The number of sulfonamides is 1. The van der Waals surface area contributed by atoms with Crippen LogP contribution < -0.4 is 19.5 Å². The minimum absolute atomic E-state index is 0.100. The van der Waals surface area contributed by atoms with Crippen molar-refractivity contribution in [3.05, 3.63) is 36.5 Å². The van der Waals surface area contributed by atoms with Gasteiger partial charge in [0.05, 0.1) is 16.8 Å². The fourth-order valence-electron chi connectivity index (χ4n) is 2.24. The standard InChI is InChI=1S/C15H15N3O4S/c19-23(20,12-4-5-13-14(7-12)22-9-21-13)18-15-6-3-11(8-16-15)17-10-1-2-10/h3-8,10,17H,1-2,9H2,(H,16,18). The third-order valence-corrected chi connectivity index (χ3v) is 4.96. The molecule has 4 rings (SSSR count). The Morgan fingerprint density at radius 2 is 1.91 bits per heavy atom. The molecule has 1 aromatic heterocycles. The fourth-order valence-corrected chi connectivity index (χ4v) is 3.27. The predicted molar refractivity (Wildman–Crippen MR) is 84.3 cm³/mol. The van der Waals surface area contributed by atoms with E-state index in [1.54, 1.807) is 18.3 Å². The lowest BCUT2D eigenvalue weighted by atomic mass is 10.3. The van der Waals surface area contributed by atoms with Gasteiger partial charge < -0.3 is 14.8 Å². The first-order valence-electron chi connectivity index (χ1n) is 7.25. The van der Waals surface area contributed by atoms with Gasteiger partial charge in [0.1, 0.15) is 5.82 Å². The Bertz CT molecular complexity index is 832. The molecule has 2 heterocycles. The van der Waals surface area contributed by atoms with Crippen LogP contribution in [-0.4, -0.2) is 26.2 Å². The first-order valence-corrected chi connectivity index (χ1v) is 8.73.